The van der Waals surface area contributed by atoms with Gasteiger partial charge in [0.1, 0.15) is 0 Å². The molecule has 0 aliphatic heterocycles. The van der Waals surface area contributed by atoms with Crippen LogP contribution in [0.1, 0.15) is 51.5 Å². The zero-order valence-corrected chi connectivity index (χ0v) is 38.7. The van der Waals surface area contributed by atoms with Gasteiger partial charge in [-0.05, 0) is 226 Å². The van der Waals surface area contributed by atoms with Crippen LogP contribution in [0.4, 0.5) is 17.1 Å². The van der Waals surface area contributed by atoms with Crippen molar-refractivity contribution in [3.63, 3.8) is 0 Å². The Morgan fingerprint density at radius 1 is 0.361 bits per heavy atom. The summed E-state index contributed by atoms with van der Waals surface area (Å²) in [5, 5.41) is 29.0. The molecule has 9 atom stereocenters. The lowest BCUT2D eigenvalue weighted by atomic mass is 9.64. The van der Waals surface area contributed by atoms with Crippen LogP contribution >= 0.6 is 0 Å². The fraction of sp³-hybridized carbons (Fsp3) is 0.130. The molecule has 72 heavy (non-hydrogen) atoms. The van der Waals surface area contributed by atoms with E-state index < -0.39 is 0 Å². The summed E-state index contributed by atoms with van der Waals surface area (Å²) >= 11 is 0. The lowest BCUT2D eigenvalue weighted by Crippen LogP contribution is -2.33. The smallest absolute Gasteiger partial charge is 0.0701 e. The molecule has 0 bridgehead atoms. The topological polar surface area (TPSA) is 29.0 Å². The van der Waals surface area contributed by atoms with Crippen LogP contribution < -0.4 is 15.3 Å². The van der Waals surface area contributed by atoms with Crippen molar-refractivity contribution in [1.29, 1.82) is 0 Å². The van der Waals surface area contributed by atoms with Crippen LogP contribution in [0.2, 0.25) is 0 Å². The number of aromatic nitrogens is 2. The molecule has 0 radical (unpaired) electrons. The molecule has 9 unspecified atom stereocenters. The predicted octanol–water partition coefficient (Wildman–Crippen LogP) is 15.2. The summed E-state index contributed by atoms with van der Waals surface area (Å²) < 4.78 is 0. The van der Waals surface area contributed by atoms with Crippen molar-refractivity contribution < 1.29 is 0 Å². The van der Waals surface area contributed by atoms with Gasteiger partial charge in [-0.3, -0.25) is 9.97 Å². The zero-order valence-electron chi connectivity index (χ0n) is 38.7. The Morgan fingerprint density at radius 3 is 1.65 bits per heavy atom. The second kappa shape index (κ2) is 10.9. The van der Waals surface area contributed by atoms with E-state index in [1.165, 1.54) is 21.7 Å². The lowest BCUT2D eigenvalue weighted by Gasteiger charge is -2.38. The molecule has 3 nitrogen and oxygen atoms in total. The van der Waals surface area contributed by atoms with E-state index in [1.807, 2.05) is 30.1 Å². The van der Waals surface area contributed by atoms with Crippen LogP contribution in [-0.2, 0) is 0 Å². The van der Waals surface area contributed by atoms with Gasteiger partial charge in [0.25, 0.3) is 0 Å². The minimum Gasteiger partial charge on any atom is -0.311 e. The van der Waals surface area contributed by atoms with Crippen LogP contribution in [0.5, 0.6) is 0 Å². The molecule has 0 N–H and O–H groups in total. The number of benzene rings is 8. The first-order valence-electron chi connectivity index (χ1n) is 26.4. The second-order valence-corrected chi connectivity index (χ2v) is 23.1. The molecule has 2 heterocycles. The van der Waals surface area contributed by atoms with Gasteiger partial charge in [0.2, 0.25) is 0 Å². The number of anilines is 3. The van der Waals surface area contributed by atoms with Gasteiger partial charge in [-0.25, -0.2) is 0 Å². The number of nitrogens with zero attached hydrogens (tertiary/aromatic N) is 3. The molecular weight excluding hydrogens is 871 g/mol. The van der Waals surface area contributed by atoms with E-state index in [0.29, 0.717) is 53.3 Å². The average Bonchev–Trinajstić information content (AvgIpc) is 4.14. The number of hydrogen-bond donors (Lipinski definition) is 0. The van der Waals surface area contributed by atoms with Crippen LogP contribution in [0.15, 0.2) is 164 Å². The highest BCUT2D eigenvalue weighted by molar-refractivity contribution is 6.57. The highest BCUT2D eigenvalue weighted by atomic mass is 15.1. The normalized spacial score (nSPS) is 26.0. The monoisotopic (exact) mass is 907 g/mol. The fourth-order valence-electron chi connectivity index (χ4n) is 18.8. The average molecular weight is 908 g/mol. The van der Waals surface area contributed by atoms with E-state index in [0.717, 1.165) is 39.6 Å². The quantitative estimate of drug-likeness (QED) is 0.123. The van der Waals surface area contributed by atoms with E-state index in [4.69, 9.17) is 0 Å². The molecule has 3 heteroatoms. The van der Waals surface area contributed by atoms with Crippen molar-refractivity contribution in [2.24, 2.45) is 29.6 Å². The number of fused-ring (bicyclic) bond motifs is 8. The maximum absolute atomic E-state index is 4.66. The first-order chi connectivity index (χ1) is 35.8. The highest BCUT2D eigenvalue weighted by Gasteiger charge is 2.65. The summed E-state index contributed by atoms with van der Waals surface area (Å²) in [5.41, 5.74) is 19.4. The standard InChI is InChI=1S/C69H37N3/c1-3-27-70-43(5-1)29-7-13-32(14-8-29)72(33-15-9-30(10-16-33)44-6-2-4-28-71-44)34-17-11-31(12-18-34)45-56-54-41-25-23-39-37-21-19-35-36-20-22-38-40-24-26-42-53-51(40)60-49(38)47(36)58-46(35)48(37)59-50(39)52(41)61-63(54)64(55(42)57(45)56)62(53)69-67(60)65(58)66(59)68(61)69/h1-28,37,39,41,45,48,50,52,56-57H. The van der Waals surface area contributed by atoms with Crippen molar-refractivity contribution in [3.05, 3.63) is 202 Å². The molecule has 2 aromatic heterocycles. The van der Waals surface area contributed by atoms with Crippen molar-refractivity contribution in [2.75, 3.05) is 4.90 Å². The fourth-order valence-corrected chi connectivity index (χ4v) is 18.8. The molecule has 8 aliphatic carbocycles. The predicted molar refractivity (Wildman–Crippen MR) is 294 cm³/mol. The molecular formula is C69H37N3. The first-order valence-corrected chi connectivity index (χ1v) is 26.4. The molecule has 2 saturated carbocycles. The van der Waals surface area contributed by atoms with E-state index in [-0.39, 0.29) is 0 Å². The first kappa shape index (κ1) is 34.8. The van der Waals surface area contributed by atoms with E-state index in [2.05, 4.69) is 160 Å². The van der Waals surface area contributed by atoms with Crippen LogP contribution in [0.3, 0.4) is 0 Å². The van der Waals surface area contributed by atoms with E-state index >= 15 is 0 Å². The largest absolute Gasteiger partial charge is 0.311 e. The molecule has 12 aromatic carbocycles. The Labute approximate surface area is 411 Å². The number of pyridine rings is 2. The van der Waals surface area contributed by atoms with Crippen molar-refractivity contribution in [3.8, 4) is 22.5 Å². The van der Waals surface area contributed by atoms with Gasteiger partial charge in [0.15, 0.2) is 0 Å². The third-order valence-corrected chi connectivity index (χ3v) is 20.9. The molecule has 0 saturated heterocycles. The van der Waals surface area contributed by atoms with Crippen molar-refractivity contribution in [1.82, 2.24) is 9.97 Å². The Balaban J connectivity index is 0.775. The van der Waals surface area contributed by atoms with Crippen LogP contribution in [0, 0.1) is 29.6 Å². The van der Waals surface area contributed by atoms with Crippen molar-refractivity contribution >= 4 is 120 Å². The summed E-state index contributed by atoms with van der Waals surface area (Å²) in [7, 11) is 0. The number of allylic oxidation sites excluding steroid dienone is 3. The molecule has 14 aromatic rings. The van der Waals surface area contributed by atoms with Gasteiger partial charge in [-0.1, -0.05) is 103 Å². The highest BCUT2D eigenvalue weighted by Crippen LogP contribution is 2.77. The molecule has 2 fully saturated rings. The van der Waals surface area contributed by atoms with Gasteiger partial charge in [0, 0.05) is 58.3 Å². The summed E-state index contributed by atoms with van der Waals surface area (Å²) in [5.74, 6) is 4.60. The van der Waals surface area contributed by atoms with Gasteiger partial charge >= 0.3 is 0 Å². The summed E-state index contributed by atoms with van der Waals surface area (Å²) in [6, 6.07) is 50.1. The van der Waals surface area contributed by atoms with Gasteiger partial charge in [-0.2, -0.15) is 0 Å². The van der Waals surface area contributed by atoms with E-state index in [9.17, 15) is 0 Å². The second-order valence-electron chi connectivity index (χ2n) is 23.1. The number of hydrogen-bond acceptors (Lipinski definition) is 3. The molecule has 0 spiro atoms. The molecule has 328 valence electrons. The maximum Gasteiger partial charge on any atom is 0.0701 e. The maximum atomic E-state index is 4.66. The van der Waals surface area contributed by atoms with Gasteiger partial charge in [0.05, 0.1) is 11.4 Å². The minimum atomic E-state index is 0.438. The third-order valence-electron chi connectivity index (χ3n) is 20.9. The van der Waals surface area contributed by atoms with Crippen molar-refractivity contribution in [2.45, 2.75) is 23.7 Å². The molecule has 8 aliphatic rings. The molecule has 22 rings (SSSR count). The number of rotatable bonds is 6. The SMILES string of the molecule is C1=CC2C3C4=c5c6c7c8c9c(c%10ccc%11c%12ccc%13c1c3c1c5c3c6c9c%10c%11c3c%12c%131)C1C(C=8C3C=CC2C4C73)C1c1ccc(N(c2ccc(-c3ccccn3)cc2)c2ccc(-c3ccccn3)cc2)cc1. The third kappa shape index (κ3) is 3.36. The zero-order chi connectivity index (χ0) is 45.5. The van der Waals surface area contributed by atoms with Gasteiger partial charge in [-0.15, -0.1) is 0 Å². The lowest BCUT2D eigenvalue weighted by molar-refractivity contribution is 0.344. The molecule has 0 amide bonds. The Bertz CT molecular complexity index is 4970. The van der Waals surface area contributed by atoms with Gasteiger partial charge < -0.3 is 4.90 Å². The Morgan fingerprint density at radius 2 is 0.958 bits per heavy atom. The van der Waals surface area contributed by atoms with Crippen LogP contribution in [0.25, 0.3) is 126 Å². The summed E-state index contributed by atoms with van der Waals surface area (Å²) in [6.45, 7) is 0. The Kier molecular flexibility index (Phi) is 5.27. The summed E-state index contributed by atoms with van der Waals surface area (Å²) in [4.78, 5) is 11.7. The van der Waals surface area contributed by atoms with Crippen LogP contribution in [-0.4, -0.2) is 9.97 Å². The Hall–Kier alpha value is -8.40. The summed E-state index contributed by atoms with van der Waals surface area (Å²) in [6.07, 6.45) is 14.6. The minimum absolute atomic E-state index is 0.438. The van der Waals surface area contributed by atoms with E-state index in [1.54, 1.807) is 108 Å².